The number of nitrogens with two attached hydrogens (primary N) is 1. The van der Waals surface area contributed by atoms with Gasteiger partial charge in [0.25, 0.3) is 0 Å². The van der Waals surface area contributed by atoms with Gasteiger partial charge in [0.2, 0.25) is 17.8 Å². The van der Waals surface area contributed by atoms with E-state index in [0.29, 0.717) is 55.4 Å². The van der Waals surface area contributed by atoms with E-state index in [1.54, 1.807) is 6.20 Å². The summed E-state index contributed by atoms with van der Waals surface area (Å²) >= 11 is 0. The van der Waals surface area contributed by atoms with E-state index in [4.69, 9.17) is 15.5 Å². The van der Waals surface area contributed by atoms with Gasteiger partial charge in [-0.1, -0.05) is 0 Å². The molecule has 2 fully saturated rings. The highest BCUT2D eigenvalue weighted by Crippen LogP contribution is 2.37. The number of rotatable bonds is 6. The summed E-state index contributed by atoms with van der Waals surface area (Å²) in [5, 5.41) is 6.41. The maximum Gasteiger partial charge on any atom is 0.224 e. The predicted octanol–water partition coefficient (Wildman–Crippen LogP) is 4.04. The van der Waals surface area contributed by atoms with E-state index in [9.17, 15) is 13.6 Å². The quantitative estimate of drug-likeness (QED) is 0.482. The molecule has 0 spiro atoms. The van der Waals surface area contributed by atoms with Gasteiger partial charge in [0.05, 0.1) is 18.0 Å². The van der Waals surface area contributed by atoms with Crippen molar-refractivity contribution < 1.29 is 18.3 Å². The molecule has 9 nitrogen and oxygen atoms in total. The fraction of sp³-hybridized carbons (Fsp3) is 0.500. The van der Waals surface area contributed by atoms with E-state index < -0.39 is 11.6 Å². The number of hydrogen-bond acceptors (Lipinski definition) is 7. The first-order valence-electron chi connectivity index (χ1n) is 12.0. The molecule has 0 bridgehead atoms. The van der Waals surface area contributed by atoms with Gasteiger partial charge in [-0.25, -0.2) is 18.7 Å². The van der Waals surface area contributed by atoms with Gasteiger partial charge in [-0.15, -0.1) is 0 Å². The molecule has 1 aliphatic heterocycles. The molecule has 186 valence electrons. The molecule has 4 N–H and O–H groups in total. The second kappa shape index (κ2) is 9.73. The zero-order chi connectivity index (χ0) is 24.5. The van der Waals surface area contributed by atoms with Crippen molar-refractivity contribution in [3.8, 4) is 0 Å². The molecule has 1 saturated carbocycles. The van der Waals surface area contributed by atoms with Crippen LogP contribution in [0, 0.1) is 17.6 Å². The van der Waals surface area contributed by atoms with Crippen molar-refractivity contribution in [2.75, 3.05) is 17.2 Å². The second-order valence-corrected chi connectivity index (χ2v) is 9.41. The number of fused-ring (bicyclic) bond motifs is 1. The average Bonchev–Trinajstić information content (AvgIpc) is 3.18. The van der Waals surface area contributed by atoms with Crippen molar-refractivity contribution in [1.29, 1.82) is 0 Å². The molecular weight excluding hydrogens is 456 g/mol. The molecular formula is C24H29F2N7O2. The number of benzene rings is 1. The molecule has 1 saturated heterocycles. The number of ether oxygens (including phenoxy) is 1. The summed E-state index contributed by atoms with van der Waals surface area (Å²) in [6.45, 7) is 2.72. The Bertz CT molecular complexity index is 1230. The minimum atomic E-state index is -0.719. The Balaban J connectivity index is 1.49. The molecule has 2 atom stereocenters. The summed E-state index contributed by atoms with van der Waals surface area (Å²) in [6, 6.07) is 3.53. The largest absolute Gasteiger partial charge is 0.378 e. The Morgan fingerprint density at radius 2 is 1.97 bits per heavy atom. The zero-order valence-corrected chi connectivity index (χ0v) is 19.5. The second-order valence-electron chi connectivity index (χ2n) is 9.41. The van der Waals surface area contributed by atoms with E-state index in [-0.39, 0.29) is 35.7 Å². The number of amides is 1. The zero-order valence-electron chi connectivity index (χ0n) is 19.5. The molecule has 5 rings (SSSR count). The van der Waals surface area contributed by atoms with Crippen LogP contribution in [0.25, 0.3) is 11.2 Å². The number of primary amides is 1. The van der Waals surface area contributed by atoms with E-state index in [0.717, 1.165) is 18.9 Å². The highest BCUT2D eigenvalue weighted by Gasteiger charge is 2.29. The van der Waals surface area contributed by atoms with Crippen LogP contribution in [0.1, 0.15) is 51.5 Å². The van der Waals surface area contributed by atoms with Gasteiger partial charge >= 0.3 is 0 Å². The fourth-order valence-electron chi connectivity index (χ4n) is 5.04. The number of carbonyl (C=O) groups is 1. The Kier molecular flexibility index (Phi) is 6.50. The molecule has 0 radical (unpaired) electrons. The first-order valence-corrected chi connectivity index (χ1v) is 12.0. The number of nitrogens with zero attached hydrogens (tertiary/aromatic N) is 4. The third kappa shape index (κ3) is 5.04. The summed E-state index contributed by atoms with van der Waals surface area (Å²) in [4.78, 5) is 25.5. The van der Waals surface area contributed by atoms with Gasteiger partial charge in [-0.2, -0.15) is 4.98 Å². The first-order chi connectivity index (χ1) is 16.9. The third-order valence-corrected chi connectivity index (χ3v) is 6.89. The average molecular weight is 486 g/mol. The van der Waals surface area contributed by atoms with Gasteiger partial charge in [0.15, 0.2) is 5.65 Å². The lowest BCUT2D eigenvalue weighted by Crippen LogP contribution is -2.33. The van der Waals surface area contributed by atoms with E-state index >= 15 is 0 Å². The minimum absolute atomic E-state index is 0.0209. The van der Waals surface area contributed by atoms with Crippen molar-refractivity contribution in [3.05, 3.63) is 36.0 Å². The maximum atomic E-state index is 14.4. The van der Waals surface area contributed by atoms with Gasteiger partial charge < -0.3 is 21.1 Å². The highest BCUT2D eigenvalue weighted by atomic mass is 19.1. The Hall–Kier alpha value is -3.34. The summed E-state index contributed by atoms with van der Waals surface area (Å²) in [5.41, 5.74) is 6.79. The van der Waals surface area contributed by atoms with Crippen molar-refractivity contribution in [2.45, 2.75) is 63.6 Å². The smallest absolute Gasteiger partial charge is 0.224 e. The topological polar surface area (TPSA) is 120 Å². The number of imidazole rings is 1. The molecule has 11 heteroatoms. The molecule has 1 amide bonds. The lowest BCUT2D eigenvalue weighted by Gasteiger charge is -2.29. The van der Waals surface area contributed by atoms with E-state index in [2.05, 4.69) is 20.6 Å². The fourth-order valence-corrected chi connectivity index (χ4v) is 5.04. The predicted molar refractivity (Wildman–Crippen MR) is 127 cm³/mol. The van der Waals surface area contributed by atoms with Gasteiger partial charge in [-0.3, -0.25) is 9.36 Å². The number of hydrogen-bond donors (Lipinski definition) is 3. The molecule has 3 aromatic rings. The monoisotopic (exact) mass is 485 g/mol. The van der Waals surface area contributed by atoms with Crippen LogP contribution in [0.2, 0.25) is 0 Å². The SMILES string of the molecule is C[C@@H]1C[C@H](Nc2ncc3nc(Nc4ccc(F)cc4F)n(C4CCC(C(N)=O)CC4)c3n2)CCO1. The summed E-state index contributed by atoms with van der Waals surface area (Å²) in [6.07, 6.45) is 6.23. The van der Waals surface area contributed by atoms with Crippen molar-refractivity contribution >= 4 is 34.7 Å². The molecule has 1 aromatic carbocycles. The summed E-state index contributed by atoms with van der Waals surface area (Å²) in [7, 11) is 0. The van der Waals surface area contributed by atoms with Crippen LogP contribution in [0.15, 0.2) is 24.4 Å². The van der Waals surface area contributed by atoms with Crippen LogP contribution in [-0.4, -0.2) is 44.2 Å². The van der Waals surface area contributed by atoms with Gasteiger partial charge in [0.1, 0.15) is 17.2 Å². The lowest BCUT2D eigenvalue weighted by molar-refractivity contribution is -0.122. The Morgan fingerprint density at radius 3 is 2.69 bits per heavy atom. The molecule has 1 aliphatic carbocycles. The minimum Gasteiger partial charge on any atom is -0.378 e. The van der Waals surface area contributed by atoms with Crippen LogP contribution in [0.4, 0.5) is 26.4 Å². The highest BCUT2D eigenvalue weighted by molar-refractivity contribution is 5.78. The van der Waals surface area contributed by atoms with Crippen LogP contribution in [0.3, 0.4) is 0 Å². The number of halogens is 2. The third-order valence-electron chi connectivity index (χ3n) is 6.89. The number of anilines is 3. The number of nitrogens with one attached hydrogen (secondary N) is 2. The van der Waals surface area contributed by atoms with Crippen molar-refractivity contribution in [2.24, 2.45) is 11.7 Å². The number of carbonyl (C=O) groups excluding carboxylic acids is 1. The molecule has 35 heavy (non-hydrogen) atoms. The van der Waals surface area contributed by atoms with Crippen molar-refractivity contribution in [3.63, 3.8) is 0 Å². The Morgan fingerprint density at radius 1 is 1.17 bits per heavy atom. The number of aromatic nitrogens is 4. The van der Waals surface area contributed by atoms with E-state index in [1.165, 1.54) is 12.1 Å². The van der Waals surface area contributed by atoms with Crippen LogP contribution in [0.5, 0.6) is 0 Å². The Labute approximate surface area is 201 Å². The normalized spacial score (nSPS) is 24.9. The summed E-state index contributed by atoms with van der Waals surface area (Å²) < 4.78 is 35.4. The lowest BCUT2D eigenvalue weighted by atomic mass is 9.85. The van der Waals surface area contributed by atoms with Crippen molar-refractivity contribution in [1.82, 2.24) is 19.5 Å². The molecule has 0 unspecified atom stereocenters. The first kappa shape index (κ1) is 23.4. The van der Waals surface area contributed by atoms with Gasteiger partial charge in [0, 0.05) is 30.7 Å². The summed E-state index contributed by atoms with van der Waals surface area (Å²) in [5.74, 6) is -0.944. The van der Waals surface area contributed by atoms with Crippen LogP contribution in [-0.2, 0) is 9.53 Å². The molecule has 2 aromatic heterocycles. The standard InChI is InChI=1S/C24H29F2N7O2/c1-13-10-16(8-9-35-13)29-23-28-12-20-22(32-23)33(17-5-2-14(3-6-17)21(27)34)24(31-20)30-19-7-4-15(25)11-18(19)26/h4,7,11-14,16-17H,2-3,5-6,8-10H2,1H3,(H2,27,34)(H,30,31)(H,28,29,32)/t13-,14?,16-,17?/m1/s1. The van der Waals surface area contributed by atoms with E-state index in [1.807, 2.05) is 11.5 Å². The maximum absolute atomic E-state index is 14.4. The molecule has 2 aliphatic rings. The van der Waals surface area contributed by atoms with Gasteiger partial charge in [-0.05, 0) is 57.6 Å². The van der Waals surface area contributed by atoms with Crippen LogP contribution >= 0.6 is 0 Å². The molecule has 3 heterocycles. The van der Waals surface area contributed by atoms with Crippen LogP contribution < -0.4 is 16.4 Å².